The minimum Gasteiger partial charge on any atom is -0.370 e. The van der Waals surface area contributed by atoms with Crippen LogP contribution >= 0.6 is 0 Å². The molecule has 1 aliphatic rings. The predicted octanol–water partition coefficient (Wildman–Crippen LogP) is 3.04. The third kappa shape index (κ3) is 3.93. The van der Waals surface area contributed by atoms with Gasteiger partial charge < -0.3 is 15.6 Å². The predicted molar refractivity (Wildman–Crippen MR) is 95.3 cm³/mol. The molecule has 3 N–H and O–H groups in total. The van der Waals surface area contributed by atoms with E-state index in [-0.39, 0.29) is 5.92 Å². The van der Waals surface area contributed by atoms with Crippen LogP contribution in [0.2, 0.25) is 0 Å². The van der Waals surface area contributed by atoms with Gasteiger partial charge in [-0.25, -0.2) is 0 Å². The Kier molecular flexibility index (Phi) is 5.13. The second-order valence-electron chi connectivity index (χ2n) is 6.49. The lowest BCUT2D eigenvalue weighted by atomic mass is 9.90. The molecule has 0 fully saturated rings. The van der Waals surface area contributed by atoms with Gasteiger partial charge in [0.25, 0.3) is 0 Å². The molecular formula is C18H25N5O. The molecular weight excluding hydrogens is 302 g/mol. The summed E-state index contributed by atoms with van der Waals surface area (Å²) in [6, 6.07) is 6.35. The van der Waals surface area contributed by atoms with Crippen LogP contribution in [-0.4, -0.2) is 22.6 Å². The lowest BCUT2D eigenvalue weighted by Gasteiger charge is -2.19. The molecule has 6 nitrogen and oxygen atoms in total. The van der Waals surface area contributed by atoms with E-state index < -0.39 is 0 Å². The Morgan fingerprint density at radius 2 is 2.17 bits per heavy atom. The molecule has 0 atom stereocenters. The van der Waals surface area contributed by atoms with E-state index in [1.54, 1.807) is 0 Å². The van der Waals surface area contributed by atoms with Gasteiger partial charge in [0.1, 0.15) is 0 Å². The maximum Gasteiger partial charge on any atom is 0.228 e. The highest BCUT2D eigenvalue weighted by molar-refractivity contribution is 5.93. The van der Waals surface area contributed by atoms with Crippen molar-refractivity contribution in [1.82, 2.24) is 10.1 Å². The smallest absolute Gasteiger partial charge is 0.228 e. The fourth-order valence-corrected chi connectivity index (χ4v) is 2.95. The van der Waals surface area contributed by atoms with Crippen LogP contribution in [0.3, 0.4) is 0 Å². The average molecular weight is 327 g/mol. The molecule has 0 aliphatic heterocycles. The van der Waals surface area contributed by atoms with Crippen molar-refractivity contribution >= 4 is 11.6 Å². The summed E-state index contributed by atoms with van der Waals surface area (Å²) in [5.41, 5.74) is 9.90. The van der Waals surface area contributed by atoms with Gasteiger partial charge in [-0.15, -0.1) is 0 Å². The van der Waals surface area contributed by atoms with E-state index in [2.05, 4.69) is 38.6 Å². The number of nitrogens with one attached hydrogen (secondary N) is 1. The fraction of sp³-hybridized carbons (Fsp3) is 0.500. The van der Waals surface area contributed by atoms with Gasteiger partial charge in [0.15, 0.2) is 11.8 Å². The maximum absolute atomic E-state index is 6.03. The Morgan fingerprint density at radius 3 is 2.96 bits per heavy atom. The lowest BCUT2D eigenvalue weighted by molar-refractivity contribution is 0.372. The van der Waals surface area contributed by atoms with Crippen LogP contribution in [0, 0.1) is 0 Å². The molecule has 0 amide bonds. The zero-order valence-corrected chi connectivity index (χ0v) is 14.4. The summed E-state index contributed by atoms with van der Waals surface area (Å²) in [6.07, 6.45) is 5.35. The zero-order chi connectivity index (χ0) is 16.9. The SMILES string of the molecule is CC(C)c1noc(CCN=C(N)Nc2cccc3c2CCCC3)n1. The number of aryl methyl sites for hydroxylation is 1. The first-order valence-corrected chi connectivity index (χ1v) is 8.63. The Morgan fingerprint density at radius 1 is 1.33 bits per heavy atom. The summed E-state index contributed by atoms with van der Waals surface area (Å²) in [5, 5.41) is 7.19. The van der Waals surface area contributed by atoms with Gasteiger partial charge in [-0.2, -0.15) is 4.98 Å². The average Bonchev–Trinajstić information content (AvgIpc) is 3.04. The zero-order valence-electron chi connectivity index (χ0n) is 14.4. The van der Waals surface area contributed by atoms with Crippen LogP contribution in [-0.2, 0) is 19.3 Å². The normalized spacial score (nSPS) is 14.7. The molecule has 1 aromatic heterocycles. The number of rotatable bonds is 5. The third-order valence-electron chi connectivity index (χ3n) is 4.27. The van der Waals surface area contributed by atoms with E-state index in [0.717, 1.165) is 24.4 Å². The van der Waals surface area contributed by atoms with E-state index in [9.17, 15) is 0 Å². The summed E-state index contributed by atoms with van der Waals surface area (Å²) in [5.74, 6) is 2.03. The molecule has 1 heterocycles. The van der Waals surface area contributed by atoms with Crippen molar-refractivity contribution in [2.24, 2.45) is 10.7 Å². The number of aliphatic imine (C=N–C) groups is 1. The molecule has 24 heavy (non-hydrogen) atoms. The number of nitrogens with two attached hydrogens (primary N) is 1. The topological polar surface area (TPSA) is 89.3 Å². The number of nitrogens with zero attached hydrogens (tertiary/aromatic N) is 3. The Hall–Kier alpha value is -2.37. The molecule has 0 bridgehead atoms. The summed E-state index contributed by atoms with van der Waals surface area (Å²) in [6.45, 7) is 4.60. The number of guanidine groups is 1. The van der Waals surface area contributed by atoms with Crippen molar-refractivity contribution in [1.29, 1.82) is 0 Å². The molecule has 128 valence electrons. The molecule has 6 heteroatoms. The standard InChI is InChI=1S/C18H25N5O/c1-12(2)17-22-16(24-23-17)10-11-20-18(19)21-15-9-5-7-13-6-3-4-8-14(13)15/h5,7,9,12H,3-4,6,8,10-11H2,1-2H3,(H3,19,20,21). The Balaban J connectivity index is 1.58. The first-order valence-electron chi connectivity index (χ1n) is 8.63. The van der Waals surface area contributed by atoms with Gasteiger partial charge in [-0.05, 0) is 42.9 Å². The summed E-state index contributed by atoms with van der Waals surface area (Å²) >= 11 is 0. The Bertz CT molecular complexity index is 720. The lowest BCUT2D eigenvalue weighted by Crippen LogP contribution is -2.24. The van der Waals surface area contributed by atoms with Gasteiger partial charge in [0, 0.05) is 18.0 Å². The van der Waals surface area contributed by atoms with E-state index in [1.165, 1.54) is 24.0 Å². The molecule has 0 saturated carbocycles. The quantitative estimate of drug-likeness (QED) is 0.651. The van der Waals surface area contributed by atoms with Crippen molar-refractivity contribution in [2.75, 3.05) is 11.9 Å². The minimum atomic E-state index is 0.266. The molecule has 0 unspecified atom stereocenters. The van der Waals surface area contributed by atoms with Crippen molar-refractivity contribution < 1.29 is 4.52 Å². The highest BCUT2D eigenvalue weighted by atomic mass is 16.5. The molecule has 1 aromatic carbocycles. The Labute approximate surface area is 142 Å². The summed E-state index contributed by atoms with van der Waals surface area (Å²) in [7, 11) is 0. The number of benzene rings is 1. The number of aromatic nitrogens is 2. The van der Waals surface area contributed by atoms with Crippen LogP contribution in [0.4, 0.5) is 5.69 Å². The van der Waals surface area contributed by atoms with Crippen molar-refractivity contribution in [3.63, 3.8) is 0 Å². The van der Waals surface area contributed by atoms with E-state index in [0.29, 0.717) is 24.8 Å². The van der Waals surface area contributed by atoms with Crippen LogP contribution in [0.1, 0.15) is 55.4 Å². The number of hydrogen-bond donors (Lipinski definition) is 2. The minimum absolute atomic E-state index is 0.266. The molecule has 1 aliphatic carbocycles. The first-order chi connectivity index (χ1) is 11.6. The number of hydrogen-bond acceptors (Lipinski definition) is 4. The molecule has 3 rings (SSSR count). The van der Waals surface area contributed by atoms with Crippen LogP contribution in [0.15, 0.2) is 27.7 Å². The van der Waals surface area contributed by atoms with Gasteiger partial charge in [0.2, 0.25) is 5.89 Å². The van der Waals surface area contributed by atoms with Crippen LogP contribution < -0.4 is 11.1 Å². The van der Waals surface area contributed by atoms with Crippen LogP contribution in [0.25, 0.3) is 0 Å². The maximum atomic E-state index is 6.03. The number of anilines is 1. The van der Waals surface area contributed by atoms with Crippen LogP contribution in [0.5, 0.6) is 0 Å². The van der Waals surface area contributed by atoms with E-state index in [4.69, 9.17) is 10.3 Å². The molecule has 0 radical (unpaired) electrons. The van der Waals surface area contributed by atoms with E-state index in [1.807, 2.05) is 13.8 Å². The second-order valence-corrected chi connectivity index (χ2v) is 6.49. The summed E-state index contributed by atoms with van der Waals surface area (Å²) < 4.78 is 5.21. The molecule has 0 spiro atoms. The third-order valence-corrected chi connectivity index (χ3v) is 4.27. The summed E-state index contributed by atoms with van der Waals surface area (Å²) in [4.78, 5) is 8.71. The first kappa shape index (κ1) is 16.5. The fourth-order valence-electron chi connectivity index (χ4n) is 2.95. The molecule has 2 aromatic rings. The van der Waals surface area contributed by atoms with Gasteiger partial charge in [-0.1, -0.05) is 31.1 Å². The van der Waals surface area contributed by atoms with E-state index >= 15 is 0 Å². The monoisotopic (exact) mass is 327 g/mol. The van der Waals surface area contributed by atoms with Crippen molar-refractivity contribution in [2.45, 2.75) is 51.9 Å². The van der Waals surface area contributed by atoms with Crippen molar-refractivity contribution in [3.05, 3.63) is 41.0 Å². The van der Waals surface area contributed by atoms with Gasteiger partial charge in [-0.3, -0.25) is 4.99 Å². The van der Waals surface area contributed by atoms with Gasteiger partial charge >= 0.3 is 0 Å². The highest BCUT2D eigenvalue weighted by Crippen LogP contribution is 2.27. The molecule has 0 saturated heterocycles. The number of fused-ring (bicyclic) bond motifs is 1. The van der Waals surface area contributed by atoms with Gasteiger partial charge in [0.05, 0.1) is 6.54 Å². The second kappa shape index (κ2) is 7.47. The largest absolute Gasteiger partial charge is 0.370 e. The van der Waals surface area contributed by atoms with Crippen molar-refractivity contribution in [3.8, 4) is 0 Å². The highest BCUT2D eigenvalue weighted by Gasteiger charge is 2.13.